The SMILES string of the molecule is CCOc1ccc(NC(=Nc2ccccc2C)n2sc(C)cc2=N)cc1. The number of nitrogens with zero attached hydrogens (tertiary/aromatic N) is 2. The van der Waals surface area contributed by atoms with E-state index in [1.807, 2.05) is 75.4 Å². The summed E-state index contributed by atoms with van der Waals surface area (Å²) in [7, 11) is 0. The van der Waals surface area contributed by atoms with Gasteiger partial charge < -0.3 is 10.1 Å². The number of aryl methyl sites for hydroxylation is 2. The van der Waals surface area contributed by atoms with Gasteiger partial charge in [0.05, 0.1) is 12.3 Å². The fourth-order valence-corrected chi connectivity index (χ4v) is 3.26. The highest BCUT2D eigenvalue weighted by Crippen LogP contribution is 2.20. The van der Waals surface area contributed by atoms with Crippen molar-refractivity contribution in [2.24, 2.45) is 4.99 Å². The van der Waals surface area contributed by atoms with E-state index in [1.54, 1.807) is 3.96 Å². The fourth-order valence-electron chi connectivity index (χ4n) is 2.49. The first-order chi connectivity index (χ1) is 12.6. The molecule has 0 bridgehead atoms. The van der Waals surface area contributed by atoms with Gasteiger partial charge in [0.25, 0.3) is 0 Å². The van der Waals surface area contributed by atoms with Crippen molar-refractivity contribution in [3.8, 4) is 5.75 Å². The van der Waals surface area contributed by atoms with E-state index < -0.39 is 0 Å². The molecule has 0 unspecified atom stereocenters. The molecule has 6 heteroatoms. The average Bonchev–Trinajstić information content (AvgIpc) is 2.96. The van der Waals surface area contributed by atoms with Crippen molar-refractivity contribution in [3.05, 3.63) is 70.5 Å². The van der Waals surface area contributed by atoms with Gasteiger partial charge in [-0.05, 0) is 62.7 Å². The minimum Gasteiger partial charge on any atom is -0.494 e. The van der Waals surface area contributed by atoms with Crippen LogP contribution in [0.5, 0.6) is 5.75 Å². The normalized spacial score (nSPS) is 11.4. The monoisotopic (exact) mass is 366 g/mol. The molecule has 0 atom stereocenters. The van der Waals surface area contributed by atoms with Gasteiger partial charge >= 0.3 is 0 Å². The predicted octanol–water partition coefficient (Wildman–Crippen LogP) is 4.69. The van der Waals surface area contributed by atoms with Gasteiger partial charge in [0.2, 0.25) is 5.96 Å². The number of benzene rings is 2. The maximum absolute atomic E-state index is 8.23. The molecule has 5 nitrogen and oxygen atoms in total. The van der Waals surface area contributed by atoms with E-state index in [2.05, 4.69) is 5.32 Å². The van der Waals surface area contributed by atoms with Gasteiger partial charge in [-0.3, -0.25) is 5.41 Å². The number of anilines is 1. The number of para-hydroxylation sites is 1. The number of ether oxygens (including phenoxy) is 1. The fraction of sp³-hybridized carbons (Fsp3) is 0.200. The van der Waals surface area contributed by atoms with Crippen LogP contribution in [0.25, 0.3) is 0 Å². The van der Waals surface area contributed by atoms with Crippen molar-refractivity contribution in [1.29, 1.82) is 5.41 Å². The molecular weight excluding hydrogens is 344 g/mol. The van der Waals surface area contributed by atoms with Crippen LogP contribution in [-0.2, 0) is 0 Å². The Hall–Kier alpha value is -2.86. The molecule has 1 aromatic heterocycles. The lowest BCUT2D eigenvalue weighted by molar-refractivity contribution is 0.340. The number of nitrogens with one attached hydrogen (secondary N) is 2. The average molecular weight is 366 g/mol. The third-order valence-electron chi connectivity index (χ3n) is 3.75. The van der Waals surface area contributed by atoms with E-state index in [4.69, 9.17) is 15.1 Å². The van der Waals surface area contributed by atoms with Crippen LogP contribution in [-0.4, -0.2) is 16.5 Å². The molecule has 0 saturated heterocycles. The molecule has 0 aliphatic rings. The van der Waals surface area contributed by atoms with Crippen LogP contribution in [0.4, 0.5) is 11.4 Å². The minimum absolute atomic E-state index is 0.401. The highest BCUT2D eigenvalue weighted by Gasteiger charge is 2.09. The van der Waals surface area contributed by atoms with E-state index >= 15 is 0 Å². The van der Waals surface area contributed by atoms with Crippen molar-refractivity contribution in [3.63, 3.8) is 0 Å². The first-order valence-electron chi connectivity index (χ1n) is 8.46. The number of hydrogen-bond acceptors (Lipinski definition) is 4. The second kappa shape index (κ2) is 8.01. The molecule has 134 valence electrons. The summed E-state index contributed by atoms with van der Waals surface area (Å²) in [6.45, 7) is 6.62. The second-order valence-corrected chi connectivity index (χ2v) is 7.02. The Balaban J connectivity index is 1.99. The lowest BCUT2D eigenvalue weighted by atomic mass is 10.2. The van der Waals surface area contributed by atoms with Crippen LogP contribution in [0.3, 0.4) is 0 Å². The second-order valence-electron chi connectivity index (χ2n) is 5.83. The summed E-state index contributed by atoms with van der Waals surface area (Å²) >= 11 is 1.49. The maximum atomic E-state index is 8.23. The standard InChI is InChI=1S/C20H22N4OS/c1-4-25-17-11-9-16(10-12-17)22-20(24-19(21)13-15(3)26-24)23-18-8-6-5-7-14(18)2/h5-13,21H,4H2,1-3H3,(H,22,23). The zero-order valence-corrected chi connectivity index (χ0v) is 15.9. The minimum atomic E-state index is 0.401. The molecule has 0 fully saturated rings. The topological polar surface area (TPSA) is 62.4 Å². The van der Waals surface area contributed by atoms with Gasteiger partial charge in [0.15, 0.2) is 0 Å². The summed E-state index contributed by atoms with van der Waals surface area (Å²) in [4.78, 5) is 5.84. The van der Waals surface area contributed by atoms with Gasteiger partial charge in [-0.2, -0.15) is 0 Å². The summed E-state index contributed by atoms with van der Waals surface area (Å²) in [6, 6.07) is 17.5. The summed E-state index contributed by atoms with van der Waals surface area (Å²) in [5.74, 6) is 1.43. The Kier molecular flexibility index (Phi) is 5.53. The molecule has 0 spiro atoms. The zero-order chi connectivity index (χ0) is 18.5. The lowest BCUT2D eigenvalue weighted by Gasteiger charge is -2.12. The van der Waals surface area contributed by atoms with E-state index in [0.717, 1.165) is 27.6 Å². The van der Waals surface area contributed by atoms with Crippen molar-refractivity contribution >= 4 is 28.9 Å². The van der Waals surface area contributed by atoms with Crippen LogP contribution in [0.2, 0.25) is 0 Å². The molecule has 1 heterocycles. The van der Waals surface area contributed by atoms with Crippen molar-refractivity contribution < 1.29 is 4.74 Å². The van der Waals surface area contributed by atoms with Crippen LogP contribution in [0.15, 0.2) is 59.6 Å². The quantitative estimate of drug-likeness (QED) is 0.520. The molecule has 0 saturated carbocycles. The number of aromatic nitrogens is 1. The van der Waals surface area contributed by atoms with E-state index in [0.29, 0.717) is 18.1 Å². The van der Waals surface area contributed by atoms with Gasteiger partial charge in [-0.15, -0.1) is 0 Å². The van der Waals surface area contributed by atoms with Crippen LogP contribution < -0.4 is 15.5 Å². The third-order valence-corrected chi connectivity index (χ3v) is 4.71. The third kappa shape index (κ3) is 4.21. The predicted molar refractivity (Wildman–Crippen MR) is 108 cm³/mol. The highest BCUT2D eigenvalue weighted by molar-refractivity contribution is 7.07. The van der Waals surface area contributed by atoms with Gasteiger partial charge in [-0.25, -0.2) is 8.95 Å². The molecule has 2 N–H and O–H groups in total. The molecule has 0 radical (unpaired) electrons. The number of aliphatic imine (C=N–C) groups is 1. The molecule has 3 rings (SSSR count). The molecule has 3 aromatic rings. The van der Waals surface area contributed by atoms with Crippen molar-refractivity contribution in [2.45, 2.75) is 20.8 Å². The summed E-state index contributed by atoms with van der Waals surface area (Å²) in [6.07, 6.45) is 0. The Morgan fingerprint density at radius 1 is 1.15 bits per heavy atom. The van der Waals surface area contributed by atoms with E-state index in [9.17, 15) is 0 Å². The smallest absolute Gasteiger partial charge is 0.223 e. The Morgan fingerprint density at radius 3 is 2.50 bits per heavy atom. The molecule has 0 amide bonds. The Labute approximate surface area is 157 Å². The van der Waals surface area contributed by atoms with Crippen molar-refractivity contribution in [1.82, 2.24) is 3.96 Å². The van der Waals surface area contributed by atoms with E-state index in [1.165, 1.54) is 11.5 Å². The number of hydrogen-bond donors (Lipinski definition) is 2. The summed E-state index contributed by atoms with van der Waals surface area (Å²) < 4.78 is 7.28. The van der Waals surface area contributed by atoms with Crippen LogP contribution in [0, 0.1) is 19.3 Å². The van der Waals surface area contributed by atoms with Crippen LogP contribution >= 0.6 is 11.5 Å². The zero-order valence-electron chi connectivity index (χ0n) is 15.1. The van der Waals surface area contributed by atoms with Gasteiger partial charge in [0.1, 0.15) is 11.2 Å². The first-order valence-corrected chi connectivity index (χ1v) is 9.23. The lowest BCUT2D eigenvalue weighted by Crippen LogP contribution is -2.28. The molecule has 0 aliphatic carbocycles. The molecular formula is C20H22N4OS. The van der Waals surface area contributed by atoms with Crippen molar-refractivity contribution in [2.75, 3.05) is 11.9 Å². The summed E-state index contributed by atoms with van der Waals surface area (Å²) in [5.41, 5.74) is 3.25. The Morgan fingerprint density at radius 2 is 1.88 bits per heavy atom. The molecule has 26 heavy (non-hydrogen) atoms. The molecule has 0 aliphatic heterocycles. The largest absolute Gasteiger partial charge is 0.494 e. The van der Waals surface area contributed by atoms with Gasteiger partial charge in [-0.1, -0.05) is 29.7 Å². The van der Waals surface area contributed by atoms with Gasteiger partial charge in [0, 0.05) is 10.6 Å². The highest BCUT2D eigenvalue weighted by atomic mass is 32.1. The molecule has 2 aromatic carbocycles. The first kappa shape index (κ1) is 17.9. The number of rotatable bonds is 4. The summed E-state index contributed by atoms with van der Waals surface area (Å²) in [5, 5.41) is 11.6. The maximum Gasteiger partial charge on any atom is 0.223 e. The van der Waals surface area contributed by atoms with E-state index in [-0.39, 0.29) is 0 Å². The Bertz CT molecular complexity index is 970. The van der Waals surface area contributed by atoms with Crippen LogP contribution in [0.1, 0.15) is 17.4 Å².